The SMILES string of the molecule is O=C(NC(=S)N1CCN(c2c(F)c(F)c(F)c(F)c2F)CC1)c1ccc(-c2ccc(Br)cc2)o1. The standard InChI is InChI=1S/C22H15BrF5N3O2S/c23-12-3-1-11(2-4-12)13-5-6-14(33-13)21(32)29-22(34)31-9-7-30(8-10-31)20-18(27)16(25)15(24)17(26)19(20)28/h1-6H,7-10H2,(H,29,32,34). The Hall–Kier alpha value is -2.99. The summed E-state index contributed by atoms with van der Waals surface area (Å²) in [4.78, 5) is 15.1. The number of rotatable bonds is 3. The zero-order chi connectivity index (χ0) is 24.6. The summed E-state index contributed by atoms with van der Waals surface area (Å²) in [7, 11) is 0. The normalized spacial score (nSPS) is 13.8. The van der Waals surface area contributed by atoms with E-state index in [2.05, 4.69) is 21.2 Å². The van der Waals surface area contributed by atoms with Crippen LogP contribution in [0.4, 0.5) is 27.6 Å². The number of anilines is 1. The molecule has 0 radical (unpaired) electrons. The van der Waals surface area contributed by atoms with Gasteiger partial charge in [-0.05, 0) is 36.5 Å². The minimum atomic E-state index is -2.21. The summed E-state index contributed by atoms with van der Waals surface area (Å²) in [6, 6.07) is 10.4. The third-order valence-electron chi connectivity index (χ3n) is 5.25. The molecule has 1 amide bonds. The van der Waals surface area contributed by atoms with Crippen molar-refractivity contribution in [3.8, 4) is 11.3 Å². The van der Waals surface area contributed by atoms with Crippen LogP contribution in [0.3, 0.4) is 0 Å². The van der Waals surface area contributed by atoms with Gasteiger partial charge in [0, 0.05) is 36.2 Å². The molecule has 1 aliphatic heterocycles. The average molecular weight is 560 g/mol. The quantitative estimate of drug-likeness (QED) is 0.206. The Labute approximate surface area is 204 Å². The number of furan rings is 1. The lowest BCUT2D eigenvalue weighted by Crippen LogP contribution is -2.53. The van der Waals surface area contributed by atoms with Gasteiger partial charge >= 0.3 is 0 Å². The Balaban J connectivity index is 1.38. The summed E-state index contributed by atoms with van der Waals surface area (Å²) in [5, 5.41) is 2.57. The summed E-state index contributed by atoms with van der Waals surface area (Å²) in [6.07, 6.45) is 0. The van der Waals surface area contributed by atoms with E-state index in [9.17, 15) is 26.7 Å². The molecule has 0 saturated carbocycles. The van der Waals surface area contributed by atoms with Gasteiger partial charge in [0.15, 0.2) is 34.1 Å². The highest BCUT2D eigenvalue weighted by molar-refractivity contribution is 9.10. The zero-order valence-corrected chi connectivity index (χ0v) is 19.6. The van der Waals surface area contributed by atoms with Gasteiger partial charge in [-0.15, -0.1) is 0 Å². The summed E-state index contributed by atoms with van der Waals surface area (Å²) in [5.74, 6) is -10.1. The maximum Gasteiger partial charge on any atom is 0.293 e. The van der Waals surface area contributed by atoms with Crippen molar-refractivity contribution in [3.63, 3.8) is 0 Å². The molecule has 1 fully saturated rings. The molecule has 1 aliphatic rings. The zero-order valence-electron chi connectivity index (χ0n) is 17.2. The van der Waals surface area contributed by atoms with Crippen LogP contribution in [0.15, 0.2) is 45.3 Å². The van der Waals surface area contributed by atoms with Crippen molar-refractivity contribution in [1.82, 2.24) is 10.2 Å². The largest absolute Gasteiger partial charge is 0.451 e. The van der Waals surface area contributed by atoms with Gasteiger partial charge in [0.2, 0.25) is 5.82 Å². The number of carbonyl (C=O) groups excluding carboxylic acids is 1. The van der Waals surface area contributed by atoms with Gasteiger partial charge in [-0.25, -0.2) is 22.0 Å². The molecule has 5 nitrogen and oxygen atoms in total. The third kappa shape index (κ3) is 4.64. The first-order valence-electron chi connectivity index (χ1n) is 9.89. The number of thiocarbonyl (C=S) groups is 1. The second kappa shape index (κ2) is 9.71. The first-order valence-corrected chi connectivity index (χ1v) is 11.1. The number of halogens is 6. The van der Waals surface area contributed by atoms with Crippen LogP contribution >= 0.6 is 28.1 Å². The van der Waals surface area contributed by atoms with Crippen LogP contribution < -0.4 is 10.2 Å². The van der Waals surface area contributed by atoms with E-state index in [4.69, 9.17) is 16.6 Å². The van der Waals surface area contributed by atoms with Crippen LogP contribution in [0.5, 0.6) is 0 Å². The molecule has 34 heavy (non-hydrogen) atoms. The lowest BCUT2D eigenvalue weighted by molar-refractivity contribution is 0.0946. The molecule has 0 atom stereocenters. The predicted molar refractivity (Wildman–Crippen MR) is 122 cm³/mol. The fourth-order valence-electron chi connectivity index (χ4n) is 3.47. The first-order chi connectivity index (χ1) is 16.2. The second-order valence-corrected chi connectivity index (χ2v) is 8.63. The molecule has 3 aromatic rings. The second-order valence-electron chi connectivity index (χ2n) is 7.32. The molecular weight excluding hydrogens is 545 g/mol. The van der Waals surface area contributed by atoms with Gasteiger partial charge in [-0.2, -0.15) is 0 Å². The number of hydrogen-bond donors (Lipinski definition) is 1. The molecule has 12 heteroatoms. The molecular formula is C22H15BrF5N3O2S. The fraction of sp³-hybridized carbons (Fsp3) is 0.182. The fourth-order valence-corrected chi connectivity index (χ4v) is 4.01. The van der Waals surface area contributed by atoms with E-state index in [0.717, 1.165) is 14.9 Å². The van der Waals surface area contributed by atoms with Crippen molar-refractivity contribution in [1.29, 1.82) is 0 Å². The minimum Gasteiger partial charge on any atom is -0.451 e. The van der Waals surface area contributed by atoms with E-state index >= 15 is 0 Å². The molecule has 1 saturated heterocycles. The molecule has 2 heterocycles. The van der Waals surface area contributed by atoms with Crippen LogP contribution in [-0.4, -0.2) is 42.1 Å². The maximum absolute atomic E-state index is 14.1. The highest BCUT2D eigenvalue weighted by Gasteiger charge is 2.31. The average Bonchev–Trinajstić information content (AvgIpc) is 3.33. The van der Waals surface area contributed by atoms with E-state index < -0.39 is 40.7 Å². The molecule has 1 N–H and O–H groups in total. The number of carbonyl (C=O) groups is 1. The van der Waals surface area contributed by atoms with Crippen LogP contribution in [0.1, 0.15) is 10.6 Å². The Kier molecular flexibility index (Phi) is 6.89. The topological polar surface area (TPSA) is 48.7 Å². The molecule has 2 aromatic carbocycles. The van der Waals surface area contributed by atoms with E-state index in [1.165, 1.54) is 6.07 Å². The Bertz CT molecular complexity index is 1230. The molecule has 4 rings (SSSR count). The van der Waals surface area contributed by atoms with Crippen LogP contribution in [0.2, 0.25) is 0 Å². The van der Waals surface area contributed by atoms with Crippen molar-refractivity contribution in [2.45, 2.75) is 0 Å². The Morgan fingerprint density at radius 2 is 1.41 bits per heavy atom. The first kappa shape index (κ1) is 24.1. The van der Waals surface area contributed by atoms with Gasteiger partial charge in [0.1, 0.15) is 11.4 Å². The minimum absolute atomic E-state index is 0.0281. The summed E-state index contributed by atoms with van der Waals surface area (Å²) in [6.45, 7) is 0.00741. The number of amides is 1. The Morgan fingerprint density at radius 1 is 0.853 bits per heavy atom. The summed E-state index contributed by atoms with van der Waals surface area (Å²) in [5.41, 5.74) is -0.212. The van der Waals surface area contributed by atoms with Crippen molar-refractivity contribution >= 4 is 44.9 Å². The number of benzene rings is 2. The lowest BCUT2D eigenvalue weighted by atomic mass is 10.2. The smallest absolute Gasteiger partial charge is 0.293 e. The van der Waals surface area contributed by atoms with E-state index in [-0.39, 0.29) is 37.1 Å². The third-order valence-corrected chi connectivity index (χ3v) is 6.14. The molecule has 0 spiro atoms. The van der Waals surface area contributed by atoms with Gasteiger partial charge in [0.05, 0.1) is 0 Å². The number of piperazine rings is 1. The molecule has 0 unspecified atom stereocenters. The number of hydrogen-bond acceptors (Lipinski definition) is 4. The van der Waals surface area contributed by atoms with Crippen molar-refractivity contribution in [2.75, 3.05) is 31.1 Å². The maximum atomic E-state index is 14.1. The lowest BCUT2D eigenvalue weighted by Gasteiger charge is -2.37. The van der Waals surface area contributed by atoms with Gasteiger partial charge in [0.25, 0.3) is 5.91 Å². The highest BCUT2D eigenvalue weighted by Crippen LogP contribution is 2.31. The molecule has 1 aromatic heterocycles. The van der Waals surface area contributed by atoms with E-state index in [1.54, 1.807) is 11.0 Å². The summed E-state index contributed by atoms with van der Waals surface area (Å²) < 4.78 is 75.0. The van der Waals surface area contributed by atoms with Gasteiger partial charge < -0.3 is 14.2 Å². The monoisotopic (exact) mass is 559 g/mol. The highest BCUT2D eigenvalue weighted by atomic mass is 79.9. The van der Waals surface area contributed by atoms with Crippen LogP contribution in [0, 0.1) is 29.1 Å². The van der Waals surface area contributed by atoms with Gasteiger partial charge in [-0.1, -0.05) is 28.1 Å². The van der Waals surface area contributed by atoms with Crippen LogP contribution in [0.25, 0.3) is 11.3 Å². The Morgan fingerprint density at radius 3 is 2.00 bits per heavy atom. The van der Waals surface area contributed by atoms with Crippen LogP contribution in [-0.2, 0) is 0 Å². The molecule has 0 bridgehead atoms. The van der Waals surface area contributed by atoms with Crippen molar-refractivity contribution in [2.24, 2.45) is 0 Å². The molecule has 0 aliphatic carbocycles. The van der Waals surface area contributed by atoms with Crippen molar-refractivity contribution in [3.05, 3.63) is 75.7 Å². The number of nitrogens with one attached hydrogen (secondary N) is 1. The van der Waals surface area contributed by atoms with Crippen molar-refractivity contribution < 1.29 is 31.2 Å². The number of nitrogens with zero attached hydrogens (tertiary/aromatic N) is 2. The van der Waals surface area contributed by atoms with E-state index in [1.807, 2.05) is 24.3 Å². The molecule has 178 valence electrons. The van der Waals surface area contributed by atoms with E-state index in [0.29, 0.717) is 5.76 Å². The van der Waals surface area contributed by atoms with Gasteiger partial charge in [-0.3, -0.25) is 10.1 Å². The predicted octanol–water partition coefficient (Wildman–Crippen LogP) is 5.24. The summed E-state index contributed by atoms with van der Waals surface area (Å²) >= 11 is 8.58.